The second kappa shape index (κ2) is 16.2. The van der Waals surface area contributed by atoms with Crippen LogP contribution in [0, 0.1) is 0 Å². The molecule has 4 aliphatic heterocycles. The first-order chi connectivity index (χ1) is 27.4. The Morgan fingerprint density at radius 1 is 1.12 bits per heavy atom. The number of hydrogen-bond donors (Lipinski definition) is 6. The number of β-lactam (4-membered cyclic amide) rings is 1. The number of carbonyl (C=O) groups is 7. The molecule has 1 saturated heterocycles. The van der Waals surface area contributed by atoms with Crippen molar-refractivity contribution in [2.24, 2.45) is 10.1 Å². The number of allylic oxidation sites excluding steroid dienone is 1. The molecule has 5 heterocycles. The minimum atomic E-state index is -2.37. The molecule has 3 amide bonds. The lowest BCUT2D eigenvalue weighted by Gasteiger charge is -2.49. The molecule has 0 aliphatic carbocycles. The first-order valence-electron chi connectivity index (χ1n) is 16.5. The van der Waals surface area contributed by atoms with Crippen LogP contribution in [0.15, 0.2) is 68.1 Å². The number of amides is 3. The molecule has 304 valence electrons. The third-order valence-corrected chi connectivity index (χ3v) is 11.5. The second-order valence-electron chi connectivity index (χ2n) is 12.5. The number of anilines is 1. The van der Waals surface area contributed by atoms with Gasteiger partial charge in [-0.05, 0) is 37.6 Å². The molecule has 1 fully saturated rings. The normalized spacial score (nSPS) is 19.7. The van der Waals surface area contributed by atoms with Gasteiger partial charge < -0.3 is 40.7 Å². The van der Waals surface area contributed by atoms with E-state index in [9.17, 15) is 48.9 Å². The summed E-state index contributed by atoms with van der Waals surface area (Å²) in [6.07, 6.45) is 1.69. The number of esters is 2. The summed E-state index contributed by atoms with van der Waals surface area (Å²) in [6, 6.07) is 2.21. The van der Waals surface area contributed by atoms with Crippen LogP contribution < -0.4 is 26.1 Å². The maximum Gasteiger partial charge on any atom is 0.427 e. The molecule has 25 heteroatoms. The van der Waals surface area contributed by atoms with E-state index in [1.807, 2.05) is 0 Å². The molecule has 4 aliphatic rings. The SMILES string of the molecule is CC(=O)Oc1ccc(C(C)(ON=C(C(=O)N[C@@H]2C(=O)N3C(C(=O)O)=C(CSC4=CC(C)=NC5=CN(C(=O)O)NN54)CS[C@H]23)c2csc(N)n2)C(=O)O)cc1OC(C)=O. The van der Waals surface area contributed by atoms with E-state index in [4.69, 9.17) is 20.0 Å². The van der Waals surface area contributed by atoms with Gasteiger partial charge in [0.1, 0.15) is 22.8 Å². The number of thiazole rings is 1. The van der Waals surface area contributed by atoms with Crippen LogP contribution in [0.5, 0.6) is 11.5 Å². The van der Waals surface area contributed by atoms with Crippen molar-refractivity contribution < 1.29 is 63.2 Å². The molecule has 2 aromatic rings. The largest absolute Gasteiger partial charge is 0.478 e. The Morgan fingerprint density at radius 2 is 1.83 bits per heavy atom. The van der Waals surface area contributed by atoms with Gasteiger partial charge >= 0.3 is 30.0 Å². The van der Waals surface area contributed by atoms with E-state index < -0.39 is 64.5 Å². The predicted molar refractivity (Wildman–Crippen MR) is 204 cm³/mol. The van der Waals surface area contributed by atoms with Gasteiger partial charge in [-0.15, -0.1) is 40.4 Å². The Morgan fingerprint density at radius 3 is 2.45 bits per heavy atom. The molecule has 0 spiro atoms. The molecule has 6 rings (SSSR count). The third-order valence-electron chi connectivity index (χ3n) is 8.37. The number of oxime groups is 1. The van der Waals surface area contributed by atoms with Crippen molar-refractivity contribution in [1.29, 1.82) is 0 Å². The Hall–Kier alpha value is -6.44. The molecule has 0 radical (unpaired) electrons. The fourth-order valence-electron chi connectivity index (χ4n) is 5.66. The van der Waals surface area contributed by atoms with E-state index in [0.717, 1.165) is 48.1 Å². The number of nitrogens with two attached hydrogens (primary N) is 1. The Labute approximate surface area is 339 Å². The highest BCUT2D eigenvalue weighted by molar-refractivity contribution is 8.03. The maximum absolute atomic E-state index is 13.8. The summed E-state index contributed by atoms with van der Waals surface area (Å²) in [5.74, 6) is -6.30. The van der Waals surface area contributed by atoms with E-state index in [-0.39, 0.29) is 45.1 Å². The van der Waals surface area contributed by atoms with E-state index in [1.54, 1.807) is 13.0 Å². The molecular weight excluding hydrogens is 827 g/mol. The van der Waals surface area contributed by atoms with Gasteiger partial charge in [-0.1, -0.05) is 11.2 Å². The minimum Gasteiger partial charge on any atom is -0.478 e. The van der Waals surface area contributed by atoms with Gasteiger partial charge in [0.15, 0.2) is 28.2 Å². The van der Waals surface area contributed by atoms with Crippen LogP contribution in [-0.4, -0.2) is 111 Å². The van der Waals surface area contributed by atoms with E-state index in [0.29, 0.717) is 22.1 Å². The fraction of sp³-hybridized carbons (Fsp3) is 0.273. The monoisotopic (exact) mass is 857 g/mol. The summed E-state index contributed by atoms with van der Waals surface area (Å²) >= 11 is 3.30. The molecule has 1 aromatic heterocycles. The van der Waals surface area contributed by atoms with Crippen molar-refractivity contribution in [1.82, 2.24) is 30.8 Å². The smallest absolute Gasteiger partial charge is 0.427 e. The number of aliphatic carboxylic acids is 2. The highest BCUT2D eigenvalue weighted by Gasteiger charge is 2.54. The van der Waals surface area contributed by atoms with Crippen molar-refractivity contribution in [2.75, 3.05) is 17.2 Å². The number of nitrogen functional groups attached to an aromatic ring is 1. The zero-order valence-electron chi connectivity index (χ0n) is 30.4. The lowest BCUT2D eigenvalue weighted by Crippen LogP contribution is -2.71. The molecular formula is C33H31N9O13S3. The number of benzene rings is 1. The number of carboxylic acid groups (broad SMARTS) is 3. The van der Waals surface area contributed by atoms with Crippen LogP contribution in [0.1, 0.15) is 39.0 Å². The topological polar surface area (TPSA) is 305 Å². The third kappa shape index (κ3) is 8.18. The van der Waals surface area contributed by atoms with Crippen LogP contribution >= 0.6 is 34.9 Å². The molecule has 0 bridgehead atoms. The quantitative estimate of drug-likeness (QED) is 0.0548. The summed E-state index contributed by atoms with van der Waals surface area (Å²) in [7, 11) is 0. The summed E-state index contributed by atoms with van der Waals surface area (Å²) in [5, 5.41) is 39.5. The number of nitrogens with one attached hydrogen (secondary N) is 2. The van der Waals surface area contributed by atoms with Gasteiger partial charge in [-0.2, -0.15) is 5.01 Å². The van der Waals surface area contributed by atoms with Crippen LogP contribution in [0.4, 0.5) is 9.93 Å². The maximum atomic E-state index is 13.8. The van der Waals surface area contributed by atoms with Gasteiger partial charge in [0, 0.05) is 42.0 Å². The molecule has 22 nitrogen and oxygen atoms in total. The average Bonchev–Trinajstić information content (AvgIpc) is 3.79. The number of carboxylic acids is 2. The molecule has 1 aromatic carbocycles. The number of carbonyl (C=O) groups excluding carboxylic acids is 4. The van der Waals surface area contributed by atoms with Gasteiger partial charge in [-0.25, -0.2) is 29.4 Å². The summed E-state index contributed by atoms with van der Waals surface area (Å²) in [6.45, 7) is 4.98. The number of thioether (sulfide) groups is 2. The van der Waals surface area contributed by atoms with E-state index >= 15 is 0 Å². The Bertz CT molecular complexity index is 2320. The van der Waals surface area contributed by atoms with Crippen LogP contribution in [-0.2, 0) is 39.2 Å². The van der Waals surface area contributed by atoms with E-state index in [2.05, 4.69) is 26.0 Å². The van der Waals surface area contributed by atoms with Crippen LogP contribution in [0.2, 0.25) is 0 Å². The van der Waals surface area contributed by atoms with E-state index in [1.165, 1.54) is 52.2 Å². The van der Waals surface area contributed by atoms with Crippen LogP contribution in [0.25, 0.3) is 0 Å². The fourth-order valence-corrected chi connectivity index (χ4v) is 8.76. The number of aromatic nitrogens is 1. The highest BCUT2D eigenvalue weighted by atomic mass is 32.2. The zero-order chi connectivity index (χ0) is 42.2. The zero-order valence-corrected chi connectivity index (χ0v) is 32.9. The average molecular weight is 858 g/mol. The predicted octanol–water partition coefficient (Wildman–Crippen LogP) is 1.60. The van der Waals surface area contributed by atoms with Crippen molar-refractivity contribution in [3.63, 3.8) is 0 Å². The second-order valence-corrected chi connectivity index (χ2v) is 15.5. The lowest BCUT2D eigenvalue weighted by molar-refractivity contribution is -0.165. The van der Waals surface area contributed by atoms with Crippen LogP contribution in [0.3, 0.4) is 0 Å². The number of nitrogens with zero attached hydrogens (tertiary/aromatic N) is 6. The number of rotatable bonds is 13. The van der Waals surface area contributed by atoms with Gasteiger partial charge in [0.05, 0.1) is 11.2 Å². The first kappa shape index (κ1) is 41.2. The number of aliphatic imine (C=N–C) groups is 1. The van der Waals surface area contributed by atoms with Gasteiger partial charge in [0.2, 0.25) is 0 Å². The first-order valence-corrected chi connectivity index (χ1v) is 19.4. The molecule has 7 N–H and O–H groups in total. The Balaban J connectivity index is 1.22. The number of hydrazine groups is 2. The Kier molecular flexibility index (Phi) is 11.5. The number of hydrogen-bond acceptors (Lipinski definition) is 19. The van der Waals surface area contributed by atoms with Gasteiger partial charge in [0.25, 0.3) is 17.4 Å². The van der Waals surface area contributed by atoms with Crippen molar-refractivity contribution in [3.05, 3.63) is 69.2 Å². The molecule has 0 saturated carbocycles. The van der Waals surface area contributed by atoms with Crippen molar-refractivity contribution in [3.8, 4) is 11.5 Å². The summed E-state index contributed by atoms with van der Waals surface area (Å²) in [4.78, 5) is 102. The molecule has 3 atom stereocenters. The summed E-state index contributed by atoms with van der Waals surface area (Å²) < 4.78 is 10.2. The summed E-state index contributed by atoms with van der Waals surface area (Å²) in [5.41, 5.74) is 5.90. The minimum absolute atomic E-state index is 0.0114. The number of fused-ring (bicyclic) bond motifs is 2. The van der Waals surface area contributed by atoms with Crippen molar-refractivity contribution >= 4 is 93.2 Å². The molecule has 58 heavy (non-hydrogen) atoms. The highest BCUT2D eigenvalue weighted by Crippen LogP contribution is 2.43. The number of ether oxygens (including phenoxy) is 2. The molecule has 1 unspecified atom stereocenters. The standard InChI is InChI=1S/C33H31N9O13S3/c1-13-7-22(42-21(35-13)9-40(39-42)32(51)52)56-10-16-11-57-28-24(27(46)41(28)25(16)29(47)48)37-26(45)23(18-12-58-31(34)36-18)38-55-33(4,30(49)50)17-5-6-19(53-14(2)43)20(8-17)54-15(3)44/h5-9,12,24,28,39H,10-11H2,1-4H3,(H2,34,36)(H,37,45)(H,47,48)(H,49,50)(H,51,52)/t24-,28-,33?/m1/s1. The van der Waals surface area contributed by atoms with Gasteiger partial charge in [-0.3, -0.25) is 24.1 Å². The van der Waals surface area contributed by atoms with Crippen molar-refractivity contribution in [2.45, 2.75) is 44.7 Å². The lowest BCUT2D eigenvalue weighted by atomic mass is 9.95.